The number of likely N-dealkylation sites (tertiary alicyclic amines) is 1. The largest absolute Gasteiger partial charge is 0.418 e. The van der Waals surface area contributed by atoms with Crippen LogP contribution in [0.25, 0.3) is 0 Å². The molecule has 2 atom stereocenters. The fraction of sp³-hybridized carbons (Fsp3) is 1.00. The van der Waals surface area contributed by atoms with E-state index in [-0.39, 0.29) is 12.6 Å². The monoisotopic (exact) mass is 296 g/mol. The Morgan fingerprint density at radius 2 is 1.85 bits per heavy atom. The number of aliphatic hydroxyl groups is 1. The number of ether oxygens (including phenoxy) is 1. The van der Waals surface area contributed by atoms with Gasteiger partial charge in [0.05, 0.1) is 13.2 Å². The Morgan fingerprint density at radius 3 is 2.45 bits per heavy atom. The molecule has 2 aliphatic heterocycles. The maximum atomic E-state index is 12.7. The summed E-state index contributed by atoms with van der Waals surface area (Å²) in [6, 6.07) is 0.275. The van der Waals surface area contributed by atoms with Crippen LogP contribution in [-0.4, -0.2) is 78.7 Å². The van der Waals surface area contributed by atoms with Gasteiger partial charge in [0.15, 0.2) is 5.60 Å². The molecule has 0 aromatic rings. The first-order valence-corrected chi connectivity index (χ1v) is 7.13. The van der Waals surface area contributed by atoms with E-state index in [1.165, 1.54) is 0 Å². The second-order valence-electron chi connectivity index (χ2n) is 5.95. The number of alkyl halides is 3. The van der Waals surface area contributed by atoms with E-state index in [1.54, 1.807) is 4.90 Å². The Bertz CT molecular complexity index is 317. The molecule has 0 spiro atoms. The van der Waals surface area contributed by atoms with Crippen molar-refractivity contribution in [2.45, 2.75) is 37.6 Å². The average molecular weight is 296 g/mol. The van der Waals surface area contributed by atoms with Crippen molar-refractivity contribution in [3.05, 3.63) is 0 Å². The van der Waals surface area contributed by atoms with Gasteiger partial charge in [0.1, 0.15) is 0 Å². The minimum atomic E-state index is -4.58. The van der Waals surface area contributed by atoms with Crippen LogP contribution in [0.5, 0.6) is 0 Å². The van der Waals surface area contributed by atoms with Crippen LogP contribution >= 0.6 is 0 Å². The predicted molar refractivity (Wildman–Crippen MR) is 68.5 cm³/mol. The highest BCUT2D eigenvalue weighted by Gasteiger charge is 2.51. The van der Waals surface area contributed by atoms with Gasteiger partial charge in [-0.05, 0) is 26.3 Å². The highest BCUT2D eigenvalue weighted by molar-refractivity contribution is 4.89. The molecule has 2 saturated heterocycles. The summed E-state index contributed by atoms with van der Waals surface area (Å²) in [5.74, 6) is 0. The number of β-amino-alcohol motifs (C(OH)–C–C–N with tert-alkyl or cyclic N) is 1. The van der Waals surface area contributed by atoms with E-state index in [1.807, 2.05) is 0 Å². The minimum Gasteiger partial charge on any atom is -0.380 e. The quantitative estimate of drug-likeness (QED) is 0.846. The molecular formula is C13H23F3N2O2. The van der Waals surface area contributed by atoms with Gasteiger partial charge in [0.2, 0.25) is 0 Å². The van der Waals surface area contributed by atoms with Crippen molar-refractivity contribution in [1.29, 1.82) is 0 Å². The zero-order chi connectivity index (χ0) is 14.8. The standard InChI is InChI=1S/C13H23F3N2O2/c1-12(19,13(14,15)16)10-17-4-2-3-11(9-17)18-5-7-20-8-6-18/h11,19H,2-10H2,1H3/t11-,12+/m1/s1. The van der Waals surface area contributed by atoms with Crippen LogP contribution in [0, 0.1) is 0 Å². The van der Waals surface area contributed by atoms with Crippen LogP contribution in [0.15, 0.2) is 0 Å². The Hall–Kier alpha value is -0.370. The molecule has 0 amide bonds. The second-order valence-corrected chi connectivity index (χ2v) is 5.95. The second kappa shape index (κ2) is 6.17. The summed E-state index contributed by atoms with van der Waals surface area (Å²) < 4.78 is 43.5. The Kier molecular flexibility index (Phi) is 4.94. The summed E-state index contributed by atoms with van der Waals surface area (Å²) in [5.41, 5.74) is -2.64. The molecule has 0 bridgehead atoms. The van der Waals surface area contributed by atoms with Crippen molar-refractivity contribution in [3.8, 4) is 0 Å². The molecule has 2 heterocycles. The van der Waals surface area contributed by atoms with Crippen LogP contribution in [0.1, 0.15) is 19.8 Å². The third kappa shape index (κ3) is 3.84. The molecule has 118 valence electrons. The smallest absolute Gasteiger partial charge is 0.380 e. The maximum absolute atomic E-state index is 12.7. The minimum absolute atomic E-state index is 0.275. The summed E-state index contributed by atoms with van der Waals surface area (Å²) in [7, 11) is 0. The van der Waals surface area contributed by atoms with Crippen molar-refractivity contribution >= 4 is 0 Å². The molecule has 1 N–H and O–H groups in total. The van der Waals surface area contributed by atoms with Crippen LogP contribution in [-0.2, 0) is 4.74 Å². The molecule has 0 radical (unpaired) electrons. The lowest BCUT2D eigenvalue weighted by Gasteiger charge is -2.42. The van der Waals surface area contributed by atoms with Crippen molar-refractivity contribution in [2.75, 3.05) is 45.9 Å². The molecule has 0 saturated carbocycles. The van der Waals surface area contributed by atoms with Gasteiger partial charge in [-0.25, -0.2) is 0 Å². The Labute approximate surface area is 117 Å². The van der Waals surface area contributed by atoms with Crippen molar-refractivity contribution in [3.63, 3.8) is 0 Å². The number of hydrogen-bond acceptors (Lipinski definition) is 4. The van der Waals surface area contributed by atoms with E-state index in [2.05, 4.69) is 4.90 Å². The molecule has 7 heteroatoms. The molecule has 0 aliphatic carbocycles. The normalized spacial score (nSPS) is 30.1. The Morgan fingerprint density at radius 1 is 1.20 bits per heavy atom. The number of morpholine rings is 1. The van der Waals surface area contributed by atoms with Crippen LogP contribution < -0.4 is 0 Å². The summed E-state index contributed by atoms with van der Waals surface area (Å²) in [6.07, 6.45) is -2.71. The van der Waals surface area contributed by atoms with E-state index in [4.69, 9.17) is 4.74 Å². The molecule has 2 rings (SSSR count). The van der Waals surface area contributed by atoms with Gasteiger partial charge in [-0.3, -0.25) is 9.80 Å². The lowest BCUT2D eigenvalue weighted by Crippen LogP contribution is -2.57. The molecule has 0 aromatic heterocycles. The molecule has 0 aromatic carbocycles. The van der Waals surface area contributed by atoms with Gasteiger partial charge in [-0.1, -0.05) is 0 Å². The number of piperidine rings is 1. The lowest BCUT2D eigenvalue weighted by atomic mass is 10.00. The third-order valence-corrected chi connectivity index (χ3v) is 4.18. The zero-order valence-electron chi connectivity index (χ0n) is 11.8. The van der Waals surface area contributed by atoms with Gasteiger partial charge in [-0.15, -0.1) is 0 Å². The molecule has 0 unspecified atom stereocenters. The van der Waals surface area contributed by atoms with E-state index in [0.717, 1.165) is 32.9 Å². The maximum Gasteiger partial charge on any atom is 0.418 e. The predicted octanol–water partition coefficient (Wildman–Crippen LogP) is 1.10. The number of halogens is 3. The lowest BCUT2D eigenvalue weighted by molar-refractivity contribution is -0.258. The zero-order valence-corrected chi connectivity index (χ0v) is 11.8. The summed E-state index contributed by atoms with van der Waals surface area (Å²) in [6.45, 7) is 4.78. The number of hydrogen-bond donors (Lipinski definition) is 1. The van der Waals surface area contributed by atoms with E-state index < -0.39 is 11.8 Å². The summed E-state index contributed by atoms with van der Waals surface area (Å²) in [4.78, 5) is 4.02. The fourth-order valence-electron chi connectivity index (χ4n) is 2.94. The highest BCUT2D eigenvalue weighted by atomic mass is 19.4. The summed E-state index contributed by atoms with van der Waals surface area (Å²) >= 11 is 0. The van der Waals surface area contributed by atoms with Gasteiger partial charge in [0.25, 0.3) is 0 Å². The first-order chi connectivity index (χ1) is 9.29. The highest BCUT2D eigenvalue weighted by Crippen LogP contribution is 2.31. The molecule has 2 aliphatic rings. The topological polar surface area (TPSA) is 35.9 Å². The van der Waals surface area contributed by atoms with Gasteiger partial charge < -0.3 is 9.84 Å². The van der Waals surface area contributed by atoms with Gasteiger partial charge >= 0.3 is 6.18 Å². The molecular weight excluding hydrogens is 273 g/mol. The Balaban J connectivity index is 1.90. The van der Waals surface area contributed by atoms with Crippen molar-refractivity contribution < 1.29 is 23.0 Å². The van der Waals surface area contributed by atoms with Crippen LogP contribution in [0.3, 0.4) is 0 Å². The van der Waals surface area contributed by atoms with E-state index >= 15 is 0 Å². The van der Waals surface area contributed by atoms with Crippen LogP contribution in [0.4, 0.5) is 13.2 Å². The third-order valence-electron chi connectivity index (χ3n) is 4.18. The van der Waals surface area contributed by atoms with Gasteiger partial charge in [0, 0.05) is 32.2 Å². The number of rotatable bonds is 3. The first kappa shape index (κ1) is 16.0. The van der Waals surface area contributed by atoms with Gasteiger partial charge in [-0.2, -0.15) is 13.2 Å². The first-order valence-electron chi connectivity index (χ1n) is 7.13. The van der Waals surface area contributed by atoms with E-state index in [9.17, 15) is 18.3 Å². The fourth-order valence-corrected chi connectivity index (χ4v) is 2.94. The molecule has 2 fully saturated rings. The summed E-state index contributed by atoms with van der Waals surface area (Å²) in [5, 5.41) is 9.60. The average Bonchev–Trinajstić information content (AvgIpc) is 2.38. The molecule has 4 nitrogen and oxygen atoms in total. The van der Waals surface area contributed by atoms with E-state index in [0.29, 0.717) is 26.3 Å². The van der Waals surface area contributed by atoms with Crippen LogP contribution in [0.2, 0.25) is 0 Å². The van der Waals surface area contributed by atoms with Crippen molar-refractivity contribution in [2.24, 2.45) is 0 Å². The SMILES string of the molecule is C[C@](O)(CN1CCC[C@@H](N2CCOCC2)C1)C(F)(F)F. The number of nitrogens with zero attached hydrogens (tertiary/aromatic N) is 2. The van der Waals surface area contributed by atoms with Crippen molar-refractivity contribution in [1.82, 2.24) is 9.80 Å². The molecule has 20 heavy (non-hydrogen) atoms.